The first kappa shape index (κ1) is 14.8. The minimum Gasteiger partial charge on any atom is -0.481 e. The number of carbonyl (C=O) groups is 2. The Kier molecular flexibility index (Phi) is 5.44. The molecular formula is C13H24N2O3. The molecule has 0 radical (unpaired) electrons. The van der Waals surface area contributed by atoms with Crippen molar-refractivity contribution in [3.8, 4) is 0 Å². The number of nitrogens with zero attached hydrogens (tertiary/aromatic N) is 2. The van der Waals surface area contributed by atoms with Gasteiger partial charge in [0.1, 0.15) is 0 Å². The van der Waals surface area contributed by atoms with Gasteiger partial charge in [-0.3, -0.25) is 4.79 Å². The molecule has 0 saturated carbocycles. The fourth-order valence-electron chi connectivity index (χ4n) is 2.38. The van der Waals surface area contributed by atoms with E-state index in [4.69, 9.17) is 5.11 Å². The maximum absolute atomic E-state index is 12.1. The number of hydrogen-bond acceptors (Lipinski definition) is 2. The van der Waals surface area contributed by atoms with E-state index >= 15 is 0 Å². The molecular weight excluding hydrogens is 232 g/mol. The molecule has 0 spiro atoms. The van der Waals surface area contributed by atoms with E-state index in [1.807, 2.05) is 6.92 Å². The van der Waals surface area contributed by atoms with Crippen LogP contribution in [0.5, 0.6) is 0 Å². The zero-order valence-corrected chi connectivity index (χ0v) is 11.6. The van der Waals surface area contributed by atoms with E-state index in [2.05, 4.69) is 6.92 Å². The summed E-state index contributed by atoms with van der Waals surface area (Å²) in [6.45, 7) is 5.65. The van der Waals surface area contributed by atoms with Crippen LogP contribution in [0, 0.1) is 11.8 Å². The third-order valence-electron chi connectivity index (χ3n) is 3.62. The first-order valence-electron chi connectivity index (χ1n) is 6.70. The van der Waals surface area contributed by atoms with Crippen molar-refractivity contribution in [2.75, 3.05) is 26.7 Å². The molecule has 1 heterocycles. The van der Waals surface area contributed by atoms with Crippen LogP contribution in [-0.2, 0) is 4.79 Å². The number of hydrogen-bond donors (Lipinski definition) is 1. The molecule has 1 aliphatic heterocycles. The monoisotopic (exact) mass is 256 g/mol. The smallest absolute Gasteiger partial charge is 0.319 e. The van der Waals surface area contributed by atoms with Crippen molar-refractivity contribution in [1.82, 2.24) is 9.80 Å². The van der Waals surface area contributed by atoms with Gasteiger partial charge in [-0.2, -0.15) is 0 Å². The van der Waals surface area contributed by atoms with Gasteiger partial charge in [-0.15, -0.1) is 0 Å². The van der Waals surface area contributed by atoms with E-state index in [1.165, 1.54) is 0 Å². The highest BCUT2D eigenvalue weighted by atomic mass is 16.4. The normalized spacial score (nSPS) is 23.2. The highest BCUT2D eigenvalue weighted by Gasteiger charge is 2.37. The second kappa shape index (κ2) is 6.61. The molecule has 1 saturated heterocycles. The SMILES string of the molecule is CCCCCN(C)C(=O)N1CC(C)C(C(=O)O)C1. The van der Waals surface area contributed by atoms with Gasteiger partial charge in [0.2, 0.25) is 0 Å². The maximum atomic E-state index is 12.1. The van der Waals surface area contributed by atoms with Crippen LogP contribution in [0.15, 0.2) is 0 Å². The van der Waals surface area contributed by atoms with Gasteiger partial charge < -0.3 is 14.9 Å². The number of carboxylic acids is 1. The zero-order chi connectivity index (χ0) is 13.7. The van der Waals surface area contributed by atoms with Crippen LogP contribution in [0.25, 0.3) is 0 Å². The second-order valence-electron chi connectivity index (χ2n) is 5.24. The Morgan fingerprint density at radius 1 is 1.33 bits per heavy atom. The van der Waals surface area contributed by atoms with Gasteiger partial charge in [0.05, 0.1) is 5.92 Å². The molecule has 1 aliphatic rings. The molecule has 0 aliphatic carbocycles. The lowest BCUT2D eigenvalue weighted by Gasteiger charge is -2.24. The minimum atomic E-state index is -0.800. The Morgan fingerprint density at radius 3 is 2.50 bits per heavy atom. The fraction of sp³-hybridized carbons (Fsp3) is 0.846. The largest absolute Gasteiger partial charge is 0.481 e. The molecule has 2 unspecified atom stereocenters. The third kappa shape index (κ3) is 3.62. The van der Waals surface area contributed by atoms with Gasteiger partial charge in [0, 0.05) is 26.7 Å². The van der Waals surface area contributed by atoms with E-state index in [1.54, 1.807) is 16.8 Å². The maximum Gasteiger partial charge on any atom is 0.319 e. The van der Waals surface area contributed by atoms with Crippen molar-refractivity contribution in [2.45, 2.75) is 33.1 Å². The molecule has 5 heteroatoms. The van der Waals surface area contributed by atoms with Crippen LogP contribution in [0.1, 0.15) is 33.1 Å². The quantitative estimate of drug-likeness (QED) is 0.764. The molecule has 5 nitrogen and oxygen atoms in total. The van der Waals surface area contributed by atoms with Crippen LogP contribution in [-0.4, -0.2) is 53.6 Å². The first-order valence-corrected chi connectivity index (χ1v) is 6.70. The Hall–Kier alpha value is -1.26. The van der Waals surface area contributed by atoms with Crippen molar-refractivity contribution < 1.29 is 14.7 Å². The Labute approximate surface area is 109 Å². The highest BCUT2D eigenvalue weighted by Crippen LogP contribution is 2.23. The number of aliphatic carboxylic acids is 1. The lowest BCUT2D eigenvalue weighted by molar-refractivity contribution is -0.142. The van der Waals surface area contributed by atoms with E-state index in [0.717, 1.165) is 25.8 Å². The Bertz CT molecular complexity index is 307. The van der Waals surface area contributed by atoms with Crippen LogP contribution in [0.3, 0.4) is 0 Å². The standard InChI is InChI=1S/C13H24N2O3/c1-4-5-6-7-14(3)13(18)15-8-10(2)11(9-15)12(16)17/h10-11H,4-9H2,1-3H3,(H,16,17). The van der Waals surface area contributed by atoms with Gasteiger partial charge in [0.15, 0.2) is 0 Å². The van der Waals surface area contributed by atoms with Crippen LogP contribution in [0.4, 0.5) is 4.79 Å². The predicted octanol–water partition coefficient (Wildman–Crippen LogP) is 1.88. The van der Waals surface area contributed by atoms with Crippen molar-refractivity contribution in [3.05, 3.63) is 0 Å². The van der Waals surface area contributed by atoms with E-state index in [9.17, 15) is 9.59 Å². The summed E-state index contributed by atoms with van der Waals surface area (Å²) in [6, 6.07) is -0.0401. The summed E-state index contributed by atoms with van der Waals surface area (Å²) in [4.78, 5) is 26.5. The summed E-state index contributed by atoms with van der Waals surface area (Å²) in [5, 5.41) is 9.04. The molecule has 0 aromatic carbocycles. The molecule has 2 atom stereocenters. The van der Waals surface area contributed by atoms with Crippen molar-refractivity contribution in [3.63, 3.8) is 0 Å². The fourth-order valence-corrected chi connectivity index (χ4v) is 2.38. The molecule has 1 rings (SSSR count). The molecule has 1 N–H and O–H groups in total. The number of rotatable bonds is 5. The van der Waals surface area contributed by atoms with Gasteiger partial charge >= 0.3 is 12.0 Å². The summed E-state index contributed by atoms with van der Waals surface area (Å²) in [5.74, 6) is -1.18. The molecule has 0 aromatic heterocycles. The molecule has 0 aromatic rings. The summed E-state index contributed by atoms with van der Waals surface area (Å²) in [6.07, 6.45) is 3.25. The van der Waals surface area contributed by atoms with Crippen molar-refractivity contribution in [2.24, 2.45) is 11.8 Å². The topological polar surface area (TPSA) is 60.9 Å². The number of carbonyl (C=O) groups excluding carboxylic acids is 1. The average Bonchev–Trinajstić information content (AvgIpc) is 2.70. The third-order valence-corrected chi connectivity index (χ3v) is 3.62. The lowest BCUT2D eigenvalue weighted by Crippen LogP contribution is -2.40. The van der Waals surface area contributed by atoms with Gasteiger partial charge in [0.25, 0.3) is 0 Å². The first-order chi connectivity index (χ1) is 8.47. The number of amides is 2. The summed E-state index contributed by atoms with van der Waals surface area (Å²) in [7, 11) is 1.79. The van der Waals surface area contributed by atoms with Crippen molar-refractivity contribution >= 4 is 12.0 Å². The van der Waals surface area contributed by atoms with Crippen LogP contribution in [0.2, 0.25) is 0 Å². The van der Waals surface area contributed by atoms with E-state index < -0.39 is 11.9 Å². The molecule has 0 bridgehead atoms. The second-order valence-corrected chi connectivity index (χ2v) is 5.24. The number of carboxylic acid groups (broad SMARTS) is 1. The number of unbranched alkanes of at least 4 members (excludes halogenated alkanes) is 2. The van der Waals surface area contributed by atoms with Crippen LogP contribution >= 0.6 is 0 Å². The average molecular weight is 256 g/mol. The van der Waals surface area contributed by atoms with Crippen LogP contribution < -0.4 is 0 Å². The van der Waals surface area contributed by atoms with Gasteiger partial charge in [-0.05, 0) is 12.3 Å². The summed E-state index contributed by atoms with van der Waals surface area (Å²) in [5.41, 5.74) is 0. The molecule has 1 fully saturated rings. The summed E-state index contributed by atoms with van der Waals surface area (Å²) >= 11 is 0. The van der Waals surface area contributed by atoms with E-state index in [-0.39, 0.29) is 11.9 Å². The zero-order valence-electron chi connectivity index (χ0n) is 11.6. The summed E-state index contributed by atoms with van der Waals surface area (Å²) < 4.78 is 0. The van der Waals surface area contributed by atoms with Gasteiger partial charge in [-0.1, -0.05) is 26.7 Å². The Balaban J connectivity index is 2.45. The minimum absolute atomic E-state index is 0.0375. The van der Waals surface area contributed by atoms with Crippen molar-refractivity contribution in [1.29, 1.82) is 0 Å². The lowest BCUT2D eigenvalue weighted by atomic mass is 9.99. The molecule has 104 valence electrons. The van der Waals surface area contributed by atoms with Gasteiger partial charge in [-0.25, -0.2) is 4.79 Å². The highest BCUT2D eigenvalue weighted by molar-refractivity contribution is 5.77. The number of urea groups is 1. The molecule has 2 amide bonds. The van der Waals surface area contributed by atoms with E-state index in [0.29, 0.717) is 13.1 Å². The Morgan fingerprint density at radius 2 is 2.00 bits per heavy atom. The predicted molar refractivity (Wildman–Crippen MR) is 69.4 cm³/mol. The number of likely N-dealkylation sites (tertiary alicyclic amines) is 1. The molecule has 18 heavy (non-hydrogen) atoms.